The Balaban J connectivity index is 2.66. The van der Waals surface area contributed by atoms with Crippen LogP contribution in [0.15, 0.2) is 0 Å². The average molecular weight is 320 g/mol. The van der Waals surface area contributed by atoms with Crippen LogP contribution < -0.4 is 5.32 Å². The minimum Gasteiger partial charge on any atom is -0.481 e. The monoisotopic (exact) mass is 320 g/mol. The van der Waals surface area contributed by atoms with Crippen LogP contribution >= 0.6 is 0 Å². The van der Waals surface area contributed by atoms with Crippen molar-refractivity contribution in [2.45, 2.75) is 39.3 Å². The summed E-state index contributed by atoms with van der Waals surface area (Å²) in [6.07, 6.45) is -0.272. The summed E-state index contributed by atoms with van der Waals surface area (Å²) in [5, 5.41) is 11.7. The first-order valence-corrected chi connectivity index (χ1v) is 8.88. The first-order valence-electron chi connectivity index (χ1n) is 7.06. The lowest BCUT2D eigenvalue weighted by Gasteiger charge is -2.34. The zero-order chi connectivity index (χ0) is 16.2. The molecule has 0 aromatic carbocycles. The highest BCUT2D eigenvalue weighted by atomic mass is 32.2. The van der Waals surface area contributed by atoms with E-state index in [1.54, 1.807) is 4.90 Å². The molecule has 2 N–H and O–H groups in total. The molecule has 1 fully saturated rings. The number of nitrogens with one attached hydrogen (secondary N) is 1. The van der Waals surface area contributed by atoms with Crippen LogP contribution in [0.3, 0.4) is 0 Å². The van der Waals surface area contributed by atoms with Gasteiger partial charge in [0, 0.05) is 18.6 Å². The third kappa shape index (κ3) is 6.01. The van der Waals surface area contributed by atoms with E-state index in [1.807, 2.05) is 20.8 Å². The summed E-state index contributed by atoms with van der Waals surface area (Å²) in [5.41, 5.74) is 0. The quantitative estimate of drug-likeness (QED) is 0.698. The highest BCUT2D eigenvalue weighted by molar-refractivity contribution is 7.91. The molecule has 1 aliphatic rings. The second kappa shape index (κ2) is 7.22. The van der Waals surface area contributed by atoms with Gasteiger partial charge in [-0.3, -0.25) is 14.5 Å². The van der Waals surface area contributed by atoms with Gasteiger partial charge in [-0.1, -0.05) is 13.8 Å². The highest BCUT2D eigenvalue weighted by Crippen LogP contribution is 2.15. The van der Waals surface area contributed by atoms with E-state index in [9.17, 15) is 18.0 Å². The molecule has 1 heterocycles. The maximum absolute atomic E-state index is 12.0. The fraction of sp³-hybridized carbons (Fsp3) is 0.846. The number of sulfone groups is 1. The third-order valence-corrected chi connectivity index (χ3v) is 5.50. The third-order valence-electron chi connectivity index (χ3n) is 3.80. The van der Waals surface area contributed by atoms with Crippen molar-refractivity contribution in [2.24, 2.45) is 5.92 Å². The number of carboxylic acids is 1. The van der Waals surface area contributed by atoms with E-state index in [0.29, 0.717) is 5.92 Å². The first kappa shape index (κ1) is 17.9. The average Bonchev–Trinajstić information content (AvgIpc) is 2.31. The predicted molar refractivity (Wildman–Crippen MR) is 78.7 cm³/mol. The molecular formula is C13H24N2O5S. The van der Waals surface area contributed by atoms with Gasteiger partial charge in [-0.05, 0) is 12.8 Å². The molecule has 21 heavy (non-hydrogen) atoms. The molecular weight excluding hydrogens is 296 g/mol. The number of rotatable bonds is 6. The summed E-state index contributed by atoms with van der Waals surface area (Å²) >= 11 is 0. The lowest BCUT2D eigenvalue weighted by molar-refractivity contribution is -0.139. The maximum atomic E-state index is 12.0. The largest absolute Gasteiger partial charge is 0.481 e. The smallest absolute Gasteiger partial charge is 0.304 e. The number of carbonyl (C=O) groups is 2. The van der Waals surface area contributed by atoms with Crippen LogP contribution in [-0.2, 0) is 19.4 Å². The van der Waals surface area contributed by atoms with Crippen molar-refractivity contribution in [3.05, 3.63) is 0 Å². The van der Waals surface area contributed by atoms with Crippen LogP contribution in [0.25, 0.3) is 0 Å². The summed E-state index contributed by atoms with van der Waals surface area (Å²) in [7, 11) is -3.22. The summed E-state index contributed by atoms with van der Waals surface area (Å²) in [4.78, 5) is 24.5. The topological polar surface area (TPSA) is 104 Å². The van der Waals surface area contributed by atoms with Crippen LogP contribution in [0.5, 0.6) is 0 Å². The number of hydrogen-bond donors (Lipinski definition) is 2. The zero-order valence-corrected chi connectivity index (χ0v) is 13.5. The van der Waals surface area contributed by atoms with Crippen molar-refractivity contribution in [2.75, 3.05) is 24.6 Å². The van der Waals surface area contributed by atoms with Crippen molar-refractivity contribution in [1.82, 2.24) is 10.2 Å². The van der Waals surface area contributed by atoms with E-state index in [4.69, 9.17) is 5.11 Å². The van der Waals surface area contributed by atoms with Crippen molar-refractivity contribution in [3.63, 3.8) is 0 Å². The van der Waals surface area contributed by atoms with E-state index in [1.165, 1.54) is 0 Å². The minimum atomic E-state index is -3.22. The predicted octanol–water partition coefficient (Wildman–Crippen LogP) is -0.279. The second-order valence-electron chi connectivity index (χ2n) is 5.94. The van der Waals surface area contributed by atoms with Crippen LogP contribution in [-0.4, -0.2) is 67.0 Å². The molecule has 2 atom stereocenters. The second-order valence-corrected chi connectivity index (χ2v) is 8.17. The van der Waals surface area contributed by atoms with E-state index in [2.05, 4.69) is 5.32 Å². The Labute approximate surface area is 125 Å². The van der Waals surface area contributed by atoms with Gasteiger partial charge in [0.2, 0.25) is 5.91 Å². The molecule has 0 spiro atoms. The summed E-state index contributed by atoms with van der Waals surface area (Å²) in [6.45, 7) is 6.11. The normalized spacial score (nSPS) is 23.7. The maximum Gasteiger partial charge on any atom is 0.304 e. The molecule has 0 radical (unpaired) electrons. The molecule has 0 aromatic heterocycles. The molecule has 0 aromatic rings. The van der Waals surface area contributed by atoms with Crippen molar-refractivity contribution in [1.29, 1.82) is 0 Å². The minimum absolute atomic E-state index is 0.0175. The summed E-state index contributed by atoms with van der Waals surface area (Å²) in [5.74, 6) is -1.20. The number of carbonyl (C=O) groups excluding carboxylic acids is 1. The molecule has 0 aliphatic carbocycles. The standard InChI is InChI=1S/C13H24N2O5S/c1-9(2)10(3)14-12(16)7-15-4-5-21(19,20)8-11(15)6-13(17)18/h9-11H,4-8H2,1-3H3,(H,14,16)(H,17,18). The van der Waals surface area contributed by atoms with Crippen LogP contribution in [0.2, 0.25) is 0 Å². The van der Waals surface area contributed by atoms with E-state index in [0.717, 1.165) is 0 Å². The Morgan fingerprint density at radius 1 is 1.33 bits per heavy atom. The molecule has 8 heteroatoms. The molecule has 1 aliphatic heterocycles. The highest BCUT2D eigenvalue weighted by Gasteiger charge is 2.33. The number of carboxylic acid groups (broad SMARTS) is 1. The molecule has 7 nitrogen and oxygen atoms in total. The van der Waals surface area contributed by atoms with Gasteiger partial charge in [0.05, 0.1) is 24.5 Å². The van der Waals surface area contributed by atoms with Gasteiger partial charge in [-0.25, -0.2) is 8.42 Å². The van der Waals surface area contributed by atoms with Gasteiger partial charge in [-0.15, -0.1) is 0 Å². The van der Waals surface area contributed by atoms with Crippen molar-refractivity contribution in [3.8, 4) is 0 Å². The molecule has 2 unspecified atom stereocenters. The molecule has 122 valence electrons. The van der Waals surface area contributed by atoms with Gasteiger partial charge in [0.1, 0.15) is 0 Å². The Morgan fingerprint density at radius 3 is 2.48 bits per heavy atom. The number of amides is 1. The zero-order valence-electron chi connectivity index (χ0n) is 12.7. The van der Waals surface area contributed by atoms with Crippen molar-refractivity contribution < 1.29 is 23.1 Å². The molecule has 0 bridgehead atoms. The van der Waals surface area contributed by atoms with Gasteiger partial charge >= 0.3 is 5.97 Å². The van der Waals surface area contributed by atoms with E-state index >= 15 is 0 Å². The van der Waals surface area contributed by atoms with E-state index in [-0.39, 0.29) is 43.0 Å². The molecule has 1 amide bonds. The van der Waals surface area contributed by atoms with Crippen molar-refractivity contribution >= 4 is 21.7 Å². The fourth-order valence-corrected chi connectivity index (χ4v) is 3.76. The number of nitrogens with zero attached hydrogens (tertiary/aromatic N) is 1. The molecule has 1 rings (SSSR count). The van der Waals surface area contributed by atoms with Gasteiger partial charge in [-0.2, -0.15) is 0 Å². The SMILES string of the molecule is CC(C)C(C)NC(=O)CN1CCS(=O)(=O)CC1CC(=O)O. The Hall–Kier alpha value is -1.15. The Bertz CT molecular complexity index is 489. The van der Waals surface area contributed by atoms with Gasteiger partial charge < -0.3 is 10.4 Å². The van der Waals surface area contributed by atoms with Gasteiger partial charge in [0.25, 0.3) is 0 Å². The Morgan fingerprint density at radius 2 is 1.95 bits per heavy atom. The Kier molecular flexibility index (Phi) is 6.15. The summed E-state index contributed by atoms with van der Waals surface area (Å²) < 4.78 is 23.2. The molecule has 0 saturated carbocycles. The van der Waals surface area contributed by atoms with Gasteiger partial charge in [0.15, 0.2) is 9.84 Å². The van der Waals surface area contributed by atoms with Crippen LogP contribution in [0.4, 0.5) is 0 Å². The first-order chi connectivity index (χ1) is 9.60. The van der Waals surface area contributed by atoms with E-state index < -0.39 is 21.8 Å². The van der Waals surface area contributed by atoms with Crippen LogP contribution in [0.1, 0.15) is 27.2 Å². The summed E-state index contributed by atoms with van der Waals surface area (Å²) in [6, 6.07) is -0.620. The number of hydrogen-bond acceptors (Lipinski definition) is 5. The lowest BCUT2D eigenvalue weighted by Crippen LogP contribution is -2.53. The molecule has 1 saturated heterocycles. The fourth-order valence-electron chi connectivity index (χ4n) is 2.17. The van der Waals surface area contributed by atoms with Crippen LogP contribution in [0, 0.1) is 5.92 Å². The number of aliphatic carboxylic acids is 1. The lowest BCUT2D eigenvalue weighted by atomic mass is 10.1.